The zero-order valence-corrected chi connectivity index (χ0v) is 17.7. The van der Waals surface area contributed by atoms with Crippen molar-refractivity contribution in [1.82, 2.24) is 14.9 Å². The van der Waals surface area contributed by atoms with Crippen LogP contribution in [0.15, 0.2) is 60.9 Å². The van der Waals surface area contributed by atoms with Gasteiger partial charge < -0.3 is 19.3 Å². The number of anilines is 1. The first kappa shape index (κ1) is 22.4. The van der Waals surface area contributed by atoms with Gasteiger partial charge in [-0.2, -0.15) is 13.2 Å². The predicted molar refractivity (Wildman–Crippen MR) is 115 cm³/mol. The molecular formula is C23H21F3N4O3. The van der Waals surface area contributed by atoms with Crippen LogP contribution in [0.4, 0.5) is 23.8 Å². The molecule has 0 aliphatic carbocycles. The summed E-state index contributed by atoms with van der Waals surface area (Å²) in [5.74, 6) is 1.58. The summed E-state index contributed by atoms with van der Waals surface area (Å²) in [5, 5.41) is 0. The van der Waals surface area contributed by atoms with E-state index in [4.69, 9.17) is 9.47 Å². The highest BCUT2D eigenvalue weighted by Gasteiger charge is 2.30. The summed E-state index contributed by atoms with van der Waals surface area (Å²) in [6, 6.07) is 12.2. The standard InChI is InChI=1S/C23H21F3N4O3/c1-16-2-8-20(27-14-16)29-10-12-30(13-11-29)22(31)33-19-6-4-18(5-7-19)32-21-9-3-17(15-28-21)23(24,25)26/h2-9,14-15H,10-13H2,1H3. The average molecular weight is 458 g/mol. The number of amides is 1. The van der Waals surface area contributed by atoms with Gasteiger partial charge in [-0.1, -0.05) is 6.07 Å². The summed E-state index contributed by atoms with van der Waals surface area (Å²) in [4.78, 5) is 24.3. The number of alkyl halides is 3. The molecule has 3 aromatic rings. The number of hydrogen-bond donors (Lipinski definition) is 0. The van der Waals surface area contributed by atoms with Crippen molar-refractivity contribution in [2.75, 3.05) is 31.1 Å². The van der Waals surface area contributed by atoms with Crippen LogP contribution in [0, 0.1) is 6.92 Å². The van der Waals surface area contributed by atoms with E-state index in [2.05, 4.69) is 14.9 Å². The number of benzene rings is 1. The van der Waals surface area contributed by atoms with Crippen molar-refractivity contribution in [2.45, 2.75) is 13.1 Å². The second kappa shape index (κ2) is 9.35. The first-order valence-corrected chi connectivity index (χ1v) is 10.2. The molecule has 0 saturated carbocycles. The van der Waals surface area contributed by atoms with E-state index in [1.54, 1.807) is 29.2 Å². The minimum Gasteiger partial charge on any atom is -0.439 e. The second-order valence-electron chi connectivity index (χ2n) is 7.49. The molecule has 0 unspecified atom stereocenters. The van der Waals surface area contributed by atoms with E-state index in [0.717, 1.165) is 23.5 Å². The zero-order valence-electron chi connectivity index (χ0n) is 17.7. The van der Waals surface area contributed by atoms with E-state index >= 15 is 0 Å². The third kappa shape index (κ3) is 5.71. The van der Waals surface area contributed by atoms with Gasteiger partial charge in [-0.3, -0.25) is 0 Å². The lowest BCUT2D eigenvalue weighted by molar-refractivity contribution is -0.137. The SMILES string of the molecule is Cc1ccc(N2CCN(C(=O)Oc3ccc(Oc4ccc(C(F)(F)F)cn4)cc3)CC2)nc1. The highest BCUT2D eigenvalue weighted by molar-refractivity contribution is 5.71. The quantitative estimate of drug-likeness (QED) is 0.553. The van der Waals surface area contributed by atoms with Crippen LogP contribution in [0.2, 0.25) is 0 Å². The van der Waals surface area contributed by atoms with Gasteiger partial charge >= 0.3 is 12.3 Å². The summed E-state index contributed by atoms with van der Waals surface area (Å²) in [6.45, 7) is 4.30. The topological polar surface area (TPSA) is 67.8 Å². The maximum Gasteiger partial charge on any atom is 0.417 e. The summed E-state index contributed by atoms with van der Waals surface area (Å²) in [7, 11) is 0. The molecule has 0 radical (unpaired) electrons. The van der Waals surface area contributed by atoms with Crippen LogP contribution in [0.3, 0.4) is 0 Å². The number of carbonyl (C=O) groups is 1. The second-order valence-corrected chi connectivity index (χ2v) is 7.49. The molecule has 0 atom stereocenters. The largest absolute Gasteiger partial charge is 0.439 e. The highest BCUT2D eigenvalue weighted by atomic mass is 19.4. The molecule has 1 saturated heterocycles. The van der Waals surface area contributed by atoms with Gasteiger partial charge in [0.05, 0.1) is 5.56 Å². The minimum absolute atomic E-state index is 0.0219. The number of pyridine rings is 2. The van der Waals surface area contributed by atoms with Crippen molar-refractivity contribution in [3.05, 3.63) is 72.1 Å². The lowest BCUT2D eigenvalue weighted by Gasteiger charge is -2.34. The van der Waals surface area contributed by atoms with E-state index < -0.39 is 17.8 Å². The van der Waals surface area contributed by atoms with E-state index in [1.165, 1.54) is 0 Å². The van der Waals surface area contributed by atoms with Crippen molar-refractivity contribution in [2.24, 2.45) is 0 Å². The molecule has 0 spiro atoms. The number of nitrogens with zero attached hydrogens (tertiary/aromatic N) is 4. The predicted octanol–water partition coefficient (Wildman–Crippen LogP) is 4.92. The van der Waals surface area contributed by atoms with Gasteiger partial charge in [0.1, 0.15) is 17.3 Å². The number of aromatic nitrogens is 2. The van der Waals surface area contributed by atoms with Gasteiger partial charge in [0.25, 0.3) is 0 Å². The molecule has 4 rings (SSSR count). The maximum atomic E-state index is 12.6. The average Bonchev–Trinajstić information content (AvgIpc) is 2.81. The minimum atomic E-state index is -4.46. The number of rotatable bonds is 4. The van der Waals surface area contributed by atoms with Gasteiger partial charge in [-0.05, 0) is 48.9 Å². The van der Waals surface area contributed by atoms with Crippen LogP contribution < -0.4 is 14.4 Å². The van der Waals surface area contributed by atoms with Gasteiger partial charge in [-0.15, -0.1) is 0 Å². The van der Waals surface area contributed by atoms with Crippen LogP contribution in [0.5, 0.6) is 17.4 Å². The fourth-order valence-corrected chi connectivity index (χ4v) is 3.24. The zero-order chi connectivity index (χ0) is 23.4. The van der Waals surface area contributed by atoms with E-state index in [0.29, 0.717) is 43.9 Å². The molecule has 1 aliphatic rings. The fourth-order valence-electron chi connectivity index (χ4n) is 3.24. The molecule has 172 valence electrons. The Morgan fingerprint density at radius 3 is 2.15 bits per heavy atom. The number of piperazine rings is 1. The lowest BCUT2D eigenvalue weighted by Crippen LogP contribution is -2.49. The van der Waals surface area contributed by atoms with Crippen LogP contribution in [0.25, 0.3) is 0 Å². The Labute approximate surface area is 188 Å². The Kier molecular flexibility index (Phi) is 6.34. The Morgan fingerprint density at radius 2 is 1.58 bits per heavy atom. The van der Waals surface area contributed by atoms with Gasteiger partial charge in [0.15, 0.2) is 0 Å². The Bertz CT molecular complexity index is 1080. The van der Waals surface area contributed by atoms with Gasteiger partial charge in [0, 0.05) is 44.6 Å². The maximum absolute atomic E-state index is 12.6. The Morgan fingerprint density at radius 1 is 0.879 bits per heavy atom. The van der Waals surface area contributed by atoms with Gasteiger partial charge in [-0.25, -0.2) is 14.8 Å². The molecule has 1 amide bonds. The first-order valence-electron chi connectivity index (χ1n) is 10.2. The fraction of sp³-hybridized carbons (Fsp3) is 0.261. The Hall–Kier alpha value is -3.82. The molecule has 3 heterocycles. The highest BCUT2D eigenvalue weighted by Crippen LogP contribution is 2.30. The molecule has 0 bridgehead atoms. The van der Waals surface area contributed by atoms with E-state index in [1.807, 2.05) is 25.3 Å². The Balaban J connectivity index is 1.28. The van der Waals surface area contributed by atoms with Crippen molar-refractivity contribution in [1.29, 1.82) is 0 Å². The summed E-state index contributed by atoms with van der Waals surface area (Å²) < 4.78 is 48.7. The van der Waals surface area contributed by atoms with Crippen LogP contribution in [0.1, 0.15) is 11.1 Å². The number of ether oxygens (including phenoxy) is 2. The molecule has 33 heavy (non-hydrogen) atoms. The van der Waals surface area contributed by atoms with Crippen molar-refractivity contribution >= 4 is 11.9 Å². The molecule has 1 aromatic carbocycles. The molecule has 1 fully saturated rings. The van der Waals surface area contributed by atoms with Crippen LogP contribution in [-0.2, 0) is 6.18 Å². The molecule has 0 N–H and O–H groups in total. The van der Waals surface area contributed by atoms with Crippen LogP contribution >= 0.6 is 0 Å². The summed E-state index contributed by atoms with van der Waals surface area (Å²) in [6.07, 6.45) is -2.39. The summed E-state index contributed by atoms with van der Waals surface area (Å²) >= 11 is 0. The number of aryl methyl sites for hydroxylation is 1. The van der Waals surface area contributed by atoms with Crippen molar-refractivity contribution in [3.63, 3.8) is 0 Å². The van der Waals surface area contributed by atoms with Crippen LogP contribution in [-0.4, -0.2) is 47.1 Å². The smallest absolute Gasteiger partial charge is 0.417 e. The number of hydrogen-bond acceptors (Lipinski definition) is 6. The third-order valence-corrected chi connectivity index (χ3v) is 5.07. The molecule has 10 heteroatoms. The van der Waals surface area contributed by atoms with E-state index in [-0.39, 0.29) is 5.88 Å². The van der Waals surface area contributed by atoms with Gasteiger partial charge in [0.2, 0.25) is 5.88 Å². The van der Waals surface area contributed by atoms with E-state index in [9.17, 15) is 18.0 Å². The number of carbonyl (C=O) groups excluding carboxylic acids is 1. The van der Waals surface area contributed by atoms with Crippen molar-refractivity contribution in [3.8, 4) is 17.4 Å². The third-order valence-electron chi connectivity index (χ3n) is 5.07. The normalized spacial score (nSPS) is 14.2. The molecule has 1 aliphatic heterocycles. The van der Waals surface area contributed by atoms with Crippen molar-refractivity contribution < 1.29 is 27.4 Å². The first-order chi connectivity index (χ1) is 15.8. The molecular weight excluding hydrogens is 437 g/mol. The summed E-state index contributed by atoms with van der Waals surface area (Å²) in [5.41, 5.74) is 0.237. The lowest BCUT2D eigenvalue weighted by atomic mass is 10.3. The molecule has 2 aromatic heterocycles. The molecule has 7 nitrogen and oxygen atoms in total. The monoisotopic (exact) mass is 458 g/mol. The number of halogens is 3.